The van der Waals surface area contributed by atoms with Gasteiger partial charge in [0.2, 0.25) is 0 Å². The van der Waals surface area contributed by atoms with E-state index < -0.39 is 0 Å². The first-order valence-electron chi connectivity index (χ1n) is 4.99. The minimum atomic E-state index is -0.265. The van der Waals surface area contributed by atoms with Crippen LogP contribution in [0.25, 0.3) is 0 Å². The van der Waals surface area contributed by atoms with E-state index in [1.165, 1.54) is 0 Å². The van der Waals surface area contributed by atoms with Crippen molar-refractivity contribution in [3.63, 3.8) is 0 Å². The minimum absolute atomic E-state index is 0.248. The number of methoxy groups -OCH3 is 2. The zero-order valence-electron chi connectivity index (χ0n) is 8.91. The van der Waals surface area contributed by atoms with Crippen LogP contribution in [0.3, 0.4) is 0 Å². The fourth-order valence-electron chi connectivity index (χ4n) is 1.89. The first-order valence-corrected chi connectivity index (χ1v) is 4.99. The summed E-state index contributed by atoms with van der Waals surface area (Å²) >= 11 is 0. The maximum atomic E-state index is 11.1. The molecule has 0 saturated carbocycles. The highest BCUT2D eigenvalue weighted by Gasteiger charge is 2.34. The molecule has 1 saturated heterocycles. The number of nitrogens with one attached hydrogen (secondary N) is 1. The molecule has 0 spiro atoms. The van der Waals surface area contributed by atoms with E-state index in [1.807, 2.05) is 0 Å². The number of rotatable bonds is 5. The summed E-state index contributed by atoms with van der Waals surface area (Å²) in [5.41, 5.74) is -0.248. The van der Waals surface area contributed by atoms with Gasteiger partial charge in [-0.3, -0.25) is 0 Å². The van der Waals surface area contributed by atoms with E-state index >= 15 is 0 Å². The van der Waals surface area contributed by atoms with Crippen LogP contribution in [0.4, 0.5) is 0 Å². The highest BCUT2D eigenvalue weighted by Crippen LogP contribution is 2.32. The van der Waals surface area contributed by atoms with Gasteiger partial charge in [0.15, 0.2) is 6.29 Å². The Bertz CT molecular complexity index is 174. The molecular weight excluding hydrogens is 182 g/mol. The lowest BCUT2D eigenvalue weighted by molar-refractivity contribution is -0.141. The molecule has 1 N–H and O–H groups in total. The van der Waals surface area contributed by atoms with Crippen LogP contribution < -0.4 is 5.32 Å². The van der Waals surface area contributed by atoms with Gasteiger partial charge in [0.05, 0.1) is 0 Å². The minimum Gasteiger partial charge on any atom is -0.356 e. The maximum Gasteiger partial charge on any atom is 0.157 e. The monoisotopic (exact) mass is 201 g/mol. The molecule has 0 aromatic rings. The molecule has 1 fully saturated rings. The molecule has 0 radical (unpaired) electrons. The predicted molar refractivity (Wildman–Crippen MR) is 53.0 cm³/mol. The van der Waals surface area contributed by atoms with E-state index in [0.29, 0.717) is 6.42 Å². The van der Waals surface area contributed by atoms with Gasteiger partial charge in [-0.1, -0.05) is 0 Å². The molecule has 1 heterocycles. The van der Waals surface area contributed by atoms with Crippen molar-refractivity contribution in [3.05, 3.63) is 0 Å². The fourth-order valence-corrected chi connectivity index (χ4v) is 1.89. The van der Waals surface area contributed by atoms with Crippen molar-refractivity contribution in [2.75, 3.05) is 27.3 Å². The second kappa shape index (κ2) is 5.44. The van der Waals surface area contributed by atoms with Gasteiger partial charge in [0, 0.05) is 26.1 Å². The summed E-state index contributed by atoms with van der Waals surface area (Å²) < 4.78 is 10.3. The lowest BCUT2D eigenvalue weighted by atomic mass is 9.77. The van der Waals surface area contributed by atoms with Crippen molar-refractivity contribution in [1.82, 2.24) is 5.32 Å². The van der Waals surface area contributed by atoms with Crippen molar-refractivity contribution in [1.29, 1.82) is 0 Å². The van der Waals surface area contributed by atoms with Gasteiger partial charge >= 0.3 is 0 Å². The van der Waals surface area contributed by atoms with Crippen LogP contribution in [0.5, 0.6) is 0 Å². The first-order chi connectivity index (χ1) is 6.76. The second-order valence-electron chi connectivity index (χ2n) is 3.84. The standard InChI is InChI=1S/C10H19NO3/c1-13-9(14-2)7-10(8-12)3-5-11-6-4-10/h8-9,11H,3-7H2,1-2H3. The van der Waals surface area contributed by atoms with Crippen molar-refractivity contribution in [2.45, 2.75) is 25.6 Å². The maximum absolute atomic E-state index is 11.1. The van der Waals surface area contributed by atoms with Crippen LogP contribution in [0.15, 0.2) is 0 Å². The SMILES string of the molecule is COC(CC1(C=O)CCNCC1)OC. The fraction of sp³-hybridized carbons (Fsp3) is 0.900. The van der Waals surface area contributed by atoms with Crippen molar-refractivity contribution >= 4 is 6.29 Å². The van der Waals surface area contributed by atoms with Gasteiger partial charge in [-0.25, -0.2) is 0 Å². The topological polar surface area (TPSA) is 47.6 Å². The van der Waals surface area contributed by atoms with Crippen LogP contribution in [-0.4, -0.2) is 39.9 Å². The molecule has 4 nitrogen and oxygen atoms in total. The number of carbonyl (C=O) groups excluding carboxylic acids is 1. The molecule has 1 aliphatic heterocycles. The molecule has 4 heteroatoms. The molecule has 0 atom stereocenters. The zero-order valence-corrected chi connectivity index (χ0v) is 8.91. The summed E-state index contributed by atoms with van der Waals surface area (Å²) in [6, 6.07) is 0. The summed E-state index contributed by atoms with van der Waals surface area (Å²) in [5.74, 6) is 0. The summed E-state index contributed by atoms with van der Waals surface area (Å²) in [6.07, 6.45) is 3.21. The molecule has 0 aromatic heterocycles. The van der Waals surface area contributed by atoms with E-state index in [-0.39, 0.29) is 11.7 Å². The Kier molecular flexibility index (Phi) is 4.51. The lowest BCUT2D eigenvalue weighted by Crippen LogP contribution is -2.40. The molecule has 0 aromatic carbocycles. The summed E-state index contributed by atoms with van der Waals surface area (Å²) in [7, 11) is 3.21. The summed E-state index contributed by atoms with van der Waals surface area (Å²) in [5, 5.41) is 3.24. The van der Waals surface area contributed by atoms with Crippen LogP contribution in [0, 0.1) is 5.41 Å². The Morgan fingerprint density at radius 2 is 1.93 bits per heavy atom. The summed E-state index contributed by atoms with van der Waals surface area (Å²) in [4.78, 5) is 11.1. The molecule has 0 amide bonds. The molecule has 1 aliphatic rings. The molecule has 0 unspecified atom stereocenters. The number of carbonyl (C=O) groups is 1. The second-order valence-corrected chi connectivity index (χ2v) is 3.84. The van der Waals surface area contributed by atoms with Crippen LogP contribution >= 0.6 is 0 Å². The zero-order chi connectivity index (χ0) is 10.4. The lowest BCUT2D eigenvalue weighted by Gasteiger charge is -2.34. The van der Waals surface area contributed by atoms with Gasteiger partial charge in [0.1, 0.15) is 6.29 Å². The Hall–Kier alpha value is -0.450. The third-order valence-corrected chi connectivity index (χ3v) is 2.95. The molecular formula is C10H19NO3. The number of piperidine rings is 1. The molecule has 0 bridgehead atoms. The van der Waals surface area contributed by atoms with Gasteiger partial charge in [-0.2, -0.15) is 0 Å². The Labute approximate surface area is 85.0 Å². The van der Waals surface area contributed by atoms with Gasteiger partial charge < -0.3 is 19.6 Å². The third kappa shape index (κ3) is 2.77. The Morgan fingerprint density at radius 3 is 2.36 bits per heavy atom. The largest absolute Gasteiger partial charge is 0.356 e. The van der Waals surface area contributed by atoms with E-state index in [9.17, 15) is 4.79 Å². The third-order valence-electron chi connectivity index (χ3n) is 2.95. The molecule has 1 rings (SSSR count). The first kappa shape index (κ1) is 11.6. The number of ether oxygens (including phenoxy) is 2. The van der Waals surface area contributed by atoms with E-state index in [4.69, 9.17) is 9.47 Å². The average molecular weight is 201 g/mol. The normalized spacial score (nSPS) is 21.1. The van der Waals surface area contributed by atoms with Crippen LogP contribution in [0.2, 0.25) is 0 Å². The summed E-state index contributed by atoms with van der Waals surface area (Å²) in [6.45, 7) is 1.80. The van der Waals surface area contributed by atoms with Gasteiger partial charge in [-0.15, -0.1) is 0 Å². The average Bonchev–Trinajstić information content (AvgIpc) is 2.27. The molecule has 82 valence electrons. The van der Waals surface area contributed by atoms with E-state index in [1.54, 1.807) is 14.2 Å². The van der Waals surface area contributed by atoms with E-state index in [0.717, 1.165) is 32.2 Å². The van der Waals surface area contributed by atoms with Crippen molar-refractivity contribution < 1.29 is 14.3 Å². The van der Waals surface area contributed by atoms with Crippen molar-refractivity contribution in [2.24, 2.45) is 5.41 Å². The van der Waals surface area contributed by atoms with Gasteiger partial charge in [0.25, 0.3) is 0 Å². The quantitative estimate of drug-likeness (QED) is 0.521. The highest BCUT2D eigenvalue weighted by atomic mass is 16.7. The van der Waals surface area contributed by atoms with Crippen molar-refractivity contribution in [3.8, 4) is 0 Å². The van der Waals surface area contributed by atoms with E-state index in [2.05, 4.69) is 5.32 Å². The number of hydrogen-bond donors (Lipinski definition) is 1. The Morgan fingerprint density at radius 1 is 1.36 bits per heavy atom. The van der Waals surface area contributed by atoms with Gasteiger partial charge in [-0.05, 0) is 25.9 Å². The van der Waals surface area contributed by atoms with Crippen LogP contribution in [0.1, 0.15) is 19.3 Å². The van der Waals surface area contributed by atoms with Crippen LogP contribution in [-0.2, 0) is 14.3 Å². The molecule has 14 heavy (non-hydrogen) atoms. The number of hydrogen-bond acceptors (Lipinski definition) is 4. The highest BCUT2D eigenvalue weighted by molar-refractivity contribution is 5.59. The molecule has 0 aliphatic carbocycles. The number of aldehydes is 1. The predicted octanol–water partition coefficient (Wildman–Crippen LogP) is 0.564. The Balaban J connectivity index is 2.54. The smallest absolute Gasteiger partial charge is 0.157 e.